The Morgan fingerprint density at radius 2 is 1.74 bits per heavy atom. The van der Waals surface area contributed by atoms with Gasteiger partial charge in [0, 0.05) is 24.2 Å². The van der Waals surface area contributed by atoms with Crippen LogP contribution in [0.25, 0.3) is 22.2 Å². The molecule has 1 N–H and O–H groups in total. The lowest BCUT2D eigenvalue weighted by atomic mass is 10.0. The minimum absolute atomic E-state index is 0.0897. The van der Waals surface area contributed by atoms with Gasteiger partial charge in [0.15, 0.2) is 0 Å². The molecule has 2 heterocycles. The number of aromatic nitrogens is 2. The lowest BCUT2D eigenvalue weighted by molar-refractivity contribution is -0.137. The summed E-state index contributed by atoms with van der Waals surface area (Å²) in [5, 5.41) is 0.619. The van der Waals surface area contributed by atoms with Gasteiger partial charge in [-0.25, -0.2) is 18.1 Å². The molecule has 2 aromatic heterocycles. The molecule has 1 amide bonds. The van der Waals surface area contributed by atoms with Crippen molar-refractivity contribution in [2.45, 2.75) is 6.18 Å². The summed E-state index contributed by atoms with van der Waals surface area (Å²) in [7, 11) is -2.06. The smallest absolute Gasteiger partial charge is 0.335 e. The maximum atomic E-state index is 12.7. The van der Waals surface area contributed by atoms with Crippen LogP contribution >= 0.6 is 0 Å². The first-order valence-corrected chi connectivity index (χ1v) is 9.51. The second-order valence-corrected chi connectivity index (χ2v) is 7.75. The summed E-state index contributed by atoms with van der Waals surface area (Å²) in [5.41, 5.74) is 0.760. The van der Waals surface area contributed by atoms with E-state index in [-0.39, 0.29) is 5.69 Å². The van der Waals surface area contributed by atoms with Crippen LogP contribution in [0.3, 0.4) is 0 Å². The first kappa shape index (κ1) is 18.9. The number of hydrogen-bond acceptors (Lipinski definition) is 4. The highest BCUT2D eigenvalue weighted by atomic mass is 32.2. The number of amides is 1. The molecule has 0 saturated heterocycles. The van der Waals surface area contributed by atoms with Crippen molar-refractivity contribution in [2.75, 3.05) is 6.26 Å². The zero-order valence-corrected chi connectivity index (χ0v) is 15.0. The summed E-state index contributed by atoms with van der Waals surface area (Å²) in [6, 6.07) is 7.65. The Balaban J connectivity index is 2.03. The Morgan fingerprint density at radius 1 is 1.11 bits per heavy atom. The summed E-state index contributed by atoms with van der Waals surface area (Å²) in [6.45, 7) is 0. The van der Waals surface area contributed by atoms with E-state index in [2.05, 4.69) is 4.98 Å². The third-order valence-corrected chi connectivity index (χ3v) is 4.41. The number of nitrogens with one attached hydrogen (secondary N) is 1. The fraction of sp³-hybridized carbons (Fsp3) is 0.176. The summed E-state index contributed by atoms with van der Waals surface area (Å²) < 4.78 is 64.0. The first-order valence-electron chi connectivity index (χ1n) is 7.61. The van der Waals surface area contributed by atoms with E-state index in [4.69, 9.17) is 0 Å². The molecule has 0 spiro atoms. The predicted molar refractivity (Wildman–Crippen MR) is 93.5 cm³/mol. The van der Waals surface area contributed by atoms with Crippen LogP contribution in [0.2, 0.25) is 0 Å². The monoisotopic (exact) mass is 397 g/mol. The largest absolute Gasteiger partial charge is 0.416 e. The van der Waals surface area contributed by atoms with E-state index in [0.717, 1.165) is 18.4 Å². The SMILES string of the molecule is Cn1cc(-c2ccc(C(F)(F)F)cc2)c2ccc(C(=O)NS(C)(=O)=O)nc21. The lowest BCUT2D eigenvalue weighted by Crippen LogP contribution is -2.30. The van der Waals surface area contributed by atoms with E-state index >= 15 is 0 Å². The summed E-state index contributed by atoms with van der Waals surface area (Å²) >= 11 is 0. The van der Waals surface area contributed by atoms with Crippen LogP contribution in [0.4, 0.5) is 13.2 Å². The number of fused-ring (bicyclic) bond motifs is 1. The summed E-state index contributed by atoms with van der Waals surface area (Å²) in [4.78, 5) is 16.1. The molecule has 0 bridgehead atoms. The minimum Gasteiger partial charge on any atom is -0.335 e. The van der Waals surface area contributed by atoms with Crippen LogP contribution < -0.4 is 4.72 Å². The van der Waals surface area contributed by atoms with Gasteiger partial charge in [-0.2, -0.15) is 13.2 Å². The number of nitrogens with zero attached hydrogens (tertiary/aromatic N) is 2. The maximum absolute atomic E-state index is 12.7. The Labute approximate surface area is 152 Å². The molecule has 0 unspecified atom stereocenters. The fourth-order valence-corrected chi connectivity index (χ4v) is 3.11. The third-order valence-electron chi connectivity index (χ3n) is 3.86. The van der Waals surface area contributed by atoms with E-state index in [1.54, 1.807) is 23.9 Å². The number of rotatable bonds is 3. The van der Waals surface area contributed by atoms with Crippen molar-refractivity contribution in [3.8, 4) is 11.1 Å². The summed E-state index contributed by atoms with van der Waals surface area (Å²) in [6.07, 6.45) is -1.88. The van der Waals surface area contributed by atoms with Gasteiger partial charge in [-0.3, -0.25) is 4.79 Å². The Kier molecular flexibility index (Phi) is 4.46. The van der Waals surface area contributed by atoms with Gasteiger partial charge in [0.1, 0.15) is 11.3 Å². The number of benzene rings is 1. The average molecular weight is 397 g/mol. The van der Waals surface area contributed by atoms with Crippen molar-refractivity contribution in [3.63, 3.8) is 0 Å². The molecule has 3 rings (SSSR count). The molecule has 0 saturated carbocycles. The standard InChI is InChI=1S/C17H14F3N3O3S/c1-23-9-13(10-3-5-11(6-4-10)17(18,19)20)12-7-8-14(21-15(12)23)16(24)22-27(2,25)26/h3-9H,1-2H3,(H,22,24). The molecule has 0 aliphatic rings. The molecule has 1 aromatic carbocycles. The Bertz CT molecular complexity index is 1130. The van der Waals surface area contributed by atoms with Crippen LogP contribution in [0.1, 0.15) is 16.1 Å². The van der Waals surface area contributed by atoms with E-state index in [1.165, 1.54) is 18.2 Å². The van der Waals surface area contributed by atoms with Gasteiger partial charge in [-0.1, -0.05) is 12.1 Å². The number of sulfonamides is 1. The van der Waals surface area contributed by atoms with Gasteiger partial charge in [0.05, 0.1) is 11.8 Å². The molecule has 27 heavy (non-hydrogen) atoms. The van der Waals surface area contributed by atoms with Gasteiger partial charge < -0.3 is 4.57 Å². The number of pyridine rings is 1. The second-order valence-electron chi connectivity index (χ2n) is 6.00. The van der Waals surface area contributed by atoms with Gasteiger partial charge in [-0.15, -0.1) is 0 Å². The molecule has 0 radical (unpaired) electrons. The molecule has 10 heteroatoms. The molecule has 0 aliphatic carbocycles. The molecule has 0 atom stereocenters. The fourth-order valence-electron chi connectivity index (χ4n) is 2.67. The predicted octanol–water partition coefficient (Wildman–Crippen LogP) is 2.95. The van der Waals surface area contributed by atoms with Gasteiger partial charge in [-0.05, 0) is 29.8 Å². The normalized spacial score (nSPS) is 12.3. The number of carbonyl (C=O) groups excluding carboxylic acids is 1. The van der Waals surface area contributed by atoms with Crippen molar-refractivity contribution in [1.82, 2.24) is 14.3 Å². The number of halogens is 3. The van der Waals surface area contributed by atoms with Gasteiger partial charge in [0.25, 0.3) is 5.91 Å². The maximum Gasteiger partial charge on any atom is 0.416 e. The highest BCUT2D eigenvalue weighted by Gasteiger charge is 2.30. The second kappa shape index (κ2) is 6.38. The van der Waals surface area contributed by atoms with Crippen molar-refractivity contribution >= 4 is 27.0 Å². The van der Waals surface area contributed by atoms with E-state index in [9.17, 15) is 26.4 Å². The van der Waals surface area contributed by atoms with Crippen molar-refractivity contribution in [2.24, 2.45) is 7.05 Å². The zero-order chi connectivity index (χ0) is 20.0. The van der Waals surface area contributed by atoms with Crippen LogP contribution in [0, 0.1) is 0 Å². The zero-order valence-electron chi connectivity index (χ0n) is 14.2. The van der Waals surface area contributed by atoms with Crippen LogP contribution in [-0.2, 0) is 23.2 Å². The number of aryl methyl sites for hydroxylation is 1. The topological polar surface area (TPSA) is 81.1 Å². The molecular weight excluding hydrogens is 383 g/mol. The molecule has 0 fully saturated rings. The average Bonchev–Trinajstić information content (AvgIpc) is 2.89. The van der Waals surface area contributed by atoms with E-state index in [1.807, 2.05) is 4.72 Å². The van der Waals surface area contributed by atoms with Crippen molar-refractivity contribution < 1.29 is 26.4 Å². The number of carbonyl (C=O) groups is 1. The minimum atomic E-state index is -4.42. The third kappa shape index (κ3) is 3.95. The molecule has 6 nitrogen and oxygen atoms in total. The first-order chi connectivity index (χ1) is 12.5. The van der Waals surface area contributed by atoms with E-state index in [0.29, 0.717) is 22.2 Å². The highest BCUT2D eigenvalue weighted by molar-refractivity contribution is 7.89. The quantitative estimate of drug-likeness (QED) is 0.737. The van der Waals surface area contributed by atoms with E-state index < -0.39 is 27.7 Å². The Hall–Kier alpha value is -2.88. The van der Waals surface area contributed by atoms with Crippen LogP contribution in [-0.4, -0.2) is 30.1 Å². The molecule has 3 aromatic rings. The molecule has 0 aliphatic heterocycles. The van der Waals surface area contributed by atoms with Gasteiger partial charge in [0.2, 0.25) is 10.0 Å². The molecular formula is C17H14F3N3O3S. The number of alkyl halides is 3. The number of hydrogen-bond donors (Lipinski definition) is 1. The Morgan fingerprint density at radius 3 is 2.30 bits per heavy atom. The molecule has 142 valence electrons. The van der Waals surface area contributed by atoms with Crippen molar-refractivity contribution in [3.05, 3.63) is 53.9 Å². The van der Waals surface area contributed by atoms with Crippen LogP contribution in [0.15, 0.2) is 42.6 Å². The summed E-state index contributed by atoms with van der Waals surface area (Å²) in [5.74, 6) is -0.864. The van der Waals surface area contributed by atoms with Gasteiger partial charge >= 0.3 is 6.18 Å². The highest BCUT2D eigenvalue weighted by Crippen LogP contribution is 2.33. The van der Waals surface area contributed by atoms with Crippen LogP contribution in [0.5, 0.6) is 0 Å². The lowest BCUT2D eigenvalue weighted by Gasteiger charge is -2.07. The van der Waals surface area contributed by atoms with Crippen molar-refractivity contribution in [1.29, 1.82) is 0 Å².